The second-order valence-corrected chi connectivity index (χ2v) is 3.76. The second kappa shape index (κ2) is 5.45. The highest BCUT2D eigenvalue weighted by Gasteiger charge is 2.10. The summed E-state index contributed by atoms with van der Waals surface area (Å²) in [6.07, 6.45) is 1.88. The van der Waals surface area contributed by atoms with Crippen molar-refractivity contribution in [1.29, 1.82) is 0 Å². The van der Waals surface area contributed by atoms with E-state index in [0.717, 1.165) is 11.1 Å². The fourth-order valence-corrected chi connectivity index (χ4v) is 1.62. The minimum absolute atomic E-state index is 0.260. The molecule has 1 atom stereocenters. The SMILES string of the molecule is CN=CC(C)c1ccc(C(=O)OC)c(C)c1. The van der Waals surface area contributed by atoms with Gasteiger partial charge >= 0.3 is 5.97 Å². The van der Waals surface area contributed by atoms with Gasteiger partial charge in [-0.15, -0.1) is 0 Å². The molecular formula is C13H17NO2. The maximum absolute atomic E-state index is 11.4. The zero-order valence-electron chi connectivity index (χ0n) is 10.2. The number of aryl methyl sites for hydroxylation is 1. The monoisotopic (exact) mass is 219 g/mol. The molecular weight excluding hydrogens is 202 g/mol. The lowest BCUT2D eigenvalue weighted by molar-refractivity contribution is 0.0600. The van der Waals surface area contributed by atoms with Crippen molar-refractivity contribution >= 4 is 12.2 Å². The van der Waals surface area contributed by atoms with Crippen LogP contribution in [0.2, 0.25) is 0 Å². The normalized spacial score (nSPS) is 12.8. The number of methoxy groups -OCH3 is 1. The number of carbonyl (C=O) groups is 1. The fourth-order valence-electron chi connectivity index (χ4n) is 1.62. The highest BCUT2D eigenvalue weighted by molar-refractivity contribution is 5.91. The van der Waals surface area contributed by atoms with E-state index in [-0.39, 0.29) is 11.9 Å². The van der Waals surface area contributed by atoms with Crippen LogP contribution in [0, 0.1) is 6.92 Å². The molecule has 0 radical (unpaired) electrons. The molecule has 86 valence electrons. The quantitative estimate of drug-likeness (QED) is 0.579. The second-order valence-electron chi connectivity index (χ2n) is 3.76. The number of ether oxygens (including phenoxy) is 1. The van der Waals surface area contributed by atoms with E-state index in [4.69, 9.17) is 4.74 Å². The van der Waals surface area contributed by atoms with Gasteiger partial charge in [0, 0.05) is 19.2 Å². The summed E-state index contributed by atoms with van der Waals surface area (Å²) in [4.78, 5) is 15.4. The molecule has 16 heavy (non-hydrogen) atoms. The van der Waals surface area contributed by atoms with Gasteiger partial charge in [-0.2, -0.15) is 0 Å². The molecule has 3 nitrogen and oxygen atoms in total. The average molecular weight is 219 g/mol. The number of aliphatic imine (C=N–C) groups is 1. The molecule has 1 aromatic carbocycles. The lowest BCUT2D eigenvalue weighted by atomic mass is 9.97. The lowest BCUT2D eigenvalue weighted by Crippen LogP contribution is -2.05. The summed E-state index contributed by atoms with van der Waals surface area (Å²) in [6, 6.07) is 5.74. The van der Waals surface area contributed by atoms with E-state index in [0.29, 0.717) is 5.56 Å². The number of nitrogens with zero attached hydrogens (tertiary/aromatic N) is 1. The van der Waals surface area contributed by atoms with Gasteiger partial charge in [0.25, 0.3) is 0 Å². The molecule has 3 heteroatoms. The van der Waals surface area contributed by atoms with Gasteiger partial charge in [0.1, 0.15) is 0 Å². The van der Waals surface area contributed by atoms with Crippen LogP contribution in [0.5, 0.6) is 0 Å². The van der Waals surface area contributed by atoms with Gasteiger partial charge in [0.15, 0.2) is 0 Å². The highest BCUT2D eigenvalue weighted by atomic mass is 16.5. The molecule has 0 saturated heterocycles. The van der Waals surface area contributed by atoms with Crippen LogP contribution in [0.3, 0.4) is 0 Å². The van der Waals surface area contributed by atoms with Crippen molar-refractivity contribution in [2.24, 2.45) is 4.99 Å². The Kier molecular flexibility index (Phi) is 4.23. The van der Waals surface area contributed by atoms with Gasteiger partial charge in [-0.25, -0.2) is 4.79 Å². The highest BCUT2D eigenvalue weighted by Crippen LogP contribution is 2.18. The van der Waals surface area contributed by atoms with Crippen molar-refractivity contribution in [1.82, 2.24) is 0 Å². The zero-order valence-corrected chi connectivity index (χ0v) is 10.2. The molecule has 0 aliphatic rings. The molecule has 0 aliphatic heterocycles. The predicted octanol–water partition coefficient (Wildman–Crippen LogP) is 2.59. The fraction of sp³-hybridized carbons (Fsp3) is 0.385. The van der Waals surface area contributed by atoms with Gasteiger partial charge in [-0.3, -0.25) is 0 Å². The summed E-state index contributed by atoms with van der Waals surface area (Å²) in [6.45, 7) is 3.98. The van der Waals surface area contributed by atoms with E-state index in [1.165, 1.54) is 7.11 Å². The topological polar surface area (TPSA) is 38.7 Å². The molecule has 1 rings (SSSR count). The molecule has 0 aliphatic carbocycles. The van der Waals surface area contributed by atoms with Crippen LogP contribution in [0.25, 0.3) is 0 Å². The molecule has 1 aromatic rings. The van der Waals surface area contributed by atoms with E-state index in [9.17, 15) is 4.79 Å². The van der Waals surface area contributed by atoms with Gasteiger partial charge in [-0.05, 0) is 24.1 Å². The van der Waals surface area contributed by atoms with Crippen molar-refractivity contribution in [3.8, 4) is 0 Å². The van der Waals surface area contributed by atoms with Gasteiger partial charge in [0.05, 0.1) is 12.7 Å². The summed E-state index contributed by atoms with van der Waals surface area (Å²) in [5.74, 6) is -0.0312. The minimum atomic E-state index is -0.291. The van der Waals surface area contributed by atoms with Crippen LogP contribution in [0.4, 0.5) is 0 Å². The summed E-state index contributed by atoms with van der Waals surface area (Å²) < 4.78 is 4.70. The molecule has 0 fully saturated rings. The van der Waals surface area contributed by atoms with E-state index >= 15 is 0 Å². The van der Waals surface area contributed by atoms with Gasteiger partial charge in [-0.1, -0.05) is 19.1 Å². The number of hydrogen-bond acceptors (Lipinski definition) is 3. The maximum atomic E-state index is 11.4. The van der Waals surface area contributed by atoms with Crippen molar-refractivity contribution in [2.75, 3.05) is 14.2 Å². The molecule has 0 amide bonds. The Balaban J connectivity index is 3.03. The van der Waals surface area contributed by atoms with Crippen molar-refractivity contribution in [3.05, 3.63) is 34.9 Å². The van der Waals surface area contributed by atoms with Crippen LogP contribution in [-0.4, -0.2) is 26.3 Å². The first kappa shape index (κ1) is 12.4. The first-order valence-corrected chi connectivity index (χ1v) is 5.21. The Hall–Kier alpha value is -1.64. The van der Waals surface area contributed by atoms with Crippen molar-refractivity contribution in [2.45, 2.75) is 19.8 Å². The third kappa shape index (κ3) is 2.69. The van der Waals surface area contributed by atoms with Crippen LogP contribution < -0.4 is 0 Å². The molecule has 0 bridgehead atoms. The summed E-state index contributed by atoms with van der Waals surface area (Å²) in [5, 5.41) is 0. The first-order valence-electron chi connectivity index (χ1n) is 5.21. The summed E-state index contributed by atoms with van der Waals surface area (Å²) in [7, 11) is 3.15. The smallest absolute Gasteiger partial charge is 0.338 e. The standard InChI is InChI=1S/C13H17NO2/c1-9-7-11(10(2)8-14-3)5-6-12(9)13(15)16-4/h5-8,10H,1-4H3. The van der Waals surface area contributed by atoms with E-state index in [1.807, 2.05) is 25.3 Å². The van der Waals surface area contributed by atoms with Gasteiger partial charge in [0.2, 0.25) is 0 Å². The molecule has 0 aromatic heterocycles. The third-order valence-electron chi connectivity index (χ3n) is 2.55. The van der Waals surface area contributed by atoms with Crippen LogP contribution >= 0.6 is 0 Å². The van der Waals surface area contributed by atoms with Crippen LogP contribution in [0.15, 0.2) is 23.2 Å². The number of rotatable bonds is 3. The van der Waals surface area contributed by atoms with Gasteiger partial charge < -0.3 is 9.73 Å². The Morgan fingerprint density at radius 3 is 2.69 bits per heavy atom. The molecule has 1 unspecified atom stereocenters. The van der Waals surface area contributed by atoms with Crippen LogP contribution in [-0.2, 0) is 4.74 Å². The van der Waals surface area contributed by atoms with Crippen molar-refractivity contribution < 1.29 is 9.53 Å². The largest absolute Gasteiger partial charge is 0.465 e. The summed E-state index contributed by atoms with van der Waals surface area (Å²) in [5.41, 5.74) is 2.70. The maximum Gasteiger partial charge on any atom is 0.338 e. The Morgan fingerprint density at radius 2 is 2.19 bits per heavy atom. The third-order valence-corrected chi connectivity index (χ3v) is 2.55. The Bertz CT molecular complexity index is 410. The van der Waals surface area contributed by atoms with E-state index < -0.39 is 0 Å². The van der Waals surface area contributed by atoms with E-state index in [2.05, 4.69) is 11.9 Å². The molecule has 0 spiro atoms. The molecule has 0 saturated carbocycles. The first-order chi connectivity index (χ1) is 7.60. The number of carbonyl (C=O) groups excluding carboxylic acids is 1. The van der Waals surface area contributed by atoms with Crippen molar-refractivity contribution in [3.63, 3.8) is 0 Å². The van der Waals surface area contributed by atoms with E-state index in [1.54, 1.807) is 13.1 Å². The average Bonchev–Trinajstić information content (AvgIpc) is 2.28. The Morgan fingerprint density at radius 1 is 1.50 bits per heavy atom. The summed E-state index contributed by atoms with van der Waals surface area (Å²) >= 11 is 0. The van der Waals surface area contributed by atoms with Crippen LogP contribution in [0.1, 0.15) is 34.3 Å². The predicted molar refractivity (Wildman–Crippen MR) is 65.3 cm³/mol. The Labute approximate surface area is 96.2 Å². The zero-order chi connectivity index (χ0) is 12.1. The lowest BCUT2D eigenvalue weighted by Gasteiger charge is -2.09. The minimum Gasteiger partial charge on any atom is -0.465 e. The molecule has 0 N–H and O–H groups in total. The number of hydrogen-bond donors (Lipinski definition) is 0. The molecule has 0 heterocycles. The number of benzene rings is 1. The number of esters is 1.